The highest BCUT2D eigenvalue weighted by molar-refractivity contribution is 5.90. The Kier molecular flexibility index (Phi) is 3.59. The quantitative estimate of drug-likeness (QED) is 0.862. The van der Waals surface area contributed by atoms with Gasteiger partial charge in [-0.2, -0.15) is 0 Å². The van der Waals surface area contributed by atoms with Crippen LogP contribution in [0.4, 0.5) is 0 Å². The summed E-state index contributed by atoms with van der Waals surface area (Å²) in [6.45, 7) is 2.22. The molecule has 0 spiro atoms. The van der Waals surface area contributed by atoms with Crippen molar-refractivity contribution in [2.24, 2.45) is 0 Å². The van der Waals surface area contributed by atoms with Crippen LogP contribution in [0.3, 0.4) is 0 Å². The number of carbonyl (C=O) groups is 1. The molecule has 0 amide bonds. The molecule has 3 heteroatoms. The lowest BCUT2D eigenvalue weighted by molar-refractivity contribution is 0.0526. The van der Waals surface area contributed by atoms with Gasteiger partial charge in [-0.25, -0.2) is 4.79 Å². The molecule has 20 heavy (non-hydrogen) atoms. The summed E-state index contributed by atoms with van der Waals surface area (Å²) in [6.07, 6.45) is 4.88. The largest absolute Gasteiger partial charge is 0.462 e. The molecule has 0 fully saturated rings. The molecule has 1 aliphatic rings. The van der Waals surface area contributed by atoms with E-state index >= 15 is 0 Å². The van der Waals surface area contributed by atoms with Gasteiger partial charge in [0.2, 0.25) is 0 Å². The maximum Gasteiger partial charge on any atom is 0.338 e. The van der Waals surface area contributed by atoms with Gasteiger partial charge in [-0.05, 0) is 61.9 Å². The third kappa shape index (κ3) is 2.48. The maximum atomic E-state index is 11.6. The minimum atomic E-state index is -0.259. The topological polar surface area (TPSA) is 42.1 Å². The van der Waals surface area contributed by atoms with Gasteiger partial charge in [0.15, 0.2) is 0 Å². The van der Waals surface area contributed by atoms with Gasteiger partial charge in [-0.15, -0.1) is 0 Å². The minimum absolute atomic E-state index is 0.259. The number of H-pyrrole nitrogens is 1. The van der Waals surface area contributed by atoms with Crippen molar-refractivity contribution in [1.29, 1.82) is 0 Å². The Labute approximate surface area is 119 Å². The molecule has 1 heterocycles. The van der Waals surface area contributed by atoms with E-state index in [-0.39, 0.29) is 5.97 Å². The average Bonchev–Trinajstić information content (AvgIpc) is 2.91. The first-order valence-electron chi connectivity index (χ1n) is 7.26. The minimum Gasteiger partial charge on any atom is -0.462 e. The zero-order chi connectivity index (χ0) is 13.9. The van der Waals surface area contributed by atoms with E-state index in [1.54, 1.807) is 0 Å². The highest BCUT2D eigenvalue weighted by Gasteiger charge is 2.13. The Morgan fingerprint density at radius 1 is 1.20 bits per heavy atom. The SMILES string of the molecule is CCOC(=O)c1ccc(-c2cc3c([nH]2)CCCC3)cc1. The zero-order valence-electron chi connectivity index (χ0n) is 11.7. The molecule has 0 aliphatic heterocycles. The molecule has 0 saturated heterocycles. The van der Waals surface area contributed by atoms with Gasteiger partial charge in [0, 0.05) is 11.4 Å². The standard InChI is InChI=1S/C17H19NO2/c1-2-20-17(19)13-9-7-12(8-10-13)16-11-14-5-3-4-6-15(14)18-16/h7-11,18H,2-6H2,1H3. The summed E-state index contributed by atoms with van der Waals surface area (Å²) in [5, 5.41) is 0. The summed E-state index contributed by atoms with van der Waals surface area (Å²) < 4.78 is 4.99. The highest BCUT2D eigenvalue weighted by atomic mass is 16.5. The molecule has 2 aromatic rings. The number of aromatic nitrogens is 1. The number of hydrogen-bond donors (Lipinski definition) is 1. The second-order valence-electron chi connectivity index (χ2n) is 5.19. The first-order chi connectivity index (χ1) is 9.78. The first kappa shape index (κ1) is 13.0. The molecule has 1 N–H and O–H groups in total. The fourth-order valence-corrected chi connectivity index (χ4v) is 2.76. The maximum absolute atomic E-state index is 11.6. The molecule has 0 atom stereocenters. The van der Waals surface area contributed by atoms with E-state index in [2.05, 4.69) is 11.1 Å². The Morgan fingerprint density at radius 3 is 2.65 bits per heavy atom. The fraction of sp³-hybridized carbons (Fsp3) is 0.353. The summed E-state index contributed by atoms with van der Waals surface area (Å²) in [7, 11) is 0. The van der Waals surface area contributed by atoms with Crippen LogP contribution in [0.5, 0.6) is 0 Å². The Hall–Kier alpha value is -2.03. The lowest BCUT2D eigenvalue weighted by Gasteiger charge is -2.09. The van der Waals surface area contributed by atoms with Crippen LogP contribution in [0, 0.1) is 0 Å². The number of aromatic amines is 1. The van der Waals surface area contributed by atoms with E-state index in [9.17, 15) is 4.79 Å². The molecule has 3 rings (SSSR count). The molecular weight excluding hydrogens is 250 g/mol. The molecule has 3 nitrogen and oxygen atoms in total. The van der Waals surface area contributed by atoms with Crippen LogP contribution in [-0.4, -0.2) is 17.6 Å². The van der Waals surface area contributed by atoms with Gasteiger partial charge in [0.05, 0.1) is 12.2 Å². The van der Waals surface area contributed by atoms with Crippen LogP contribution in [0.15, 0.2) is 30.3 Å². The predicted octanol–water partition coefficient (Wildman–Crippen LogP) is 3.74. The second kappa shape index (κ2) is 5.53. The second-order valence-corrected chi connectivity index (χ2v) is 5.19. The van der Waals surface area contributed by atoms with Crippen LogP contribution >= 0.6 is 0 Å². The van der Waals surface area contributed by atoms with E-state index in [0.29, 0.717) is 12.2 Å². The van der Waals surface area contributed by atoms with E-state index < -0.39 is 0 Å². The van der Waals surface area contributed by atoms with Gasteiger partial charge < -0.3 is 9.72 Å². The summed E-state index contributed by atoms with van der Waals surface area (Å²) in [6, 6.07) is 9.85. The number of nitrogens with one attached hydrogen (secondary N) is 1. The summed E-state index contributed by atoms with van der Waals surface area (Å²) in [4.78, 5) is 15.1. The number of hydrogen-bond acceptors (Lipinski definition) is 2. The van der Waals surface area contributed by atoms with Crippen molar-refractivity contribution in [3.63, 3.8) is 0 Å². The van der Waals surface area contributed by atoms with Gasteiger partial charge in [0.25, 0.3) is 0 Å². The van der Waals surface area contributed by atoms with Crippen molar-refractivity contribution in [2.75, 3.05) is 6.61 Å². The van der Waals surface area contributed by atoms with Gasteiger partial charge >= 0.3 is 5.97 Å². The normalized spacial score (nSPS) is 13.8. The third-order valence-electron chi connectivity index (χ3n) is 3.82. The van der Waals surface area contributed by atoms with Crippen molar-refractivity contribution in [3.05, 3.63) is 47.2 Å². The number of benzene rings is 1. The summed E-state index contributed by atoms with van der Waals surface area (Å²) >= 11 is 0. The van der Waals surface area contributed by atoms with E-state index in [1.807, 2.05) is 31.2 Å². The average molecular weight is 269 g/mol. The van der Waals surface area contributed by atoms with E-state index in [0.717, 1.165) is 17.7 Å². The Bertz CT molecular complexity index is 587. The lowest BCUT2D eigenvalue weighted by atomic mass is 9.98. The van der Waals surface area contributed by atoms with Crippen LogP contribution in [0.25, 0.3) is 11.3 Å². The summed E-state index contributed by atoms with van der Waals surface area (Å²) in [5.41, 5.74) is 5.69. The number of ether oxygens (including phenoxy) is 1. The van der Waals surface area contributed by atoms with Crippen LogP contribution < -0.4 is 0 Å². The van der Waals surface area contributed by atoms with E-state index in [1.165, 1.54) is 30.5 Å². The molecule has 0 bridgehead atoms. The number of rotatable bonds is 3. The number of esters is 1. The molecule has 1 aromatic heterocycles. The van der Waals surface area contributed by atoms with Crippen molar-refractivity contribution < 1.29 is 9.53 Å². The first-order valence-corrected chi connectivity index (χ1v) is 7.26. The molecule has 0 saturated carbocycles. The highest BCUT2D eigenvalue weighted by Crippen LogP contribution is 2.27. The lowest BCUT2D eigenvalue weighted by Crippen LogP contribution is -2.03. The van der Waals surface area contributed by atoms with Crippen molar-refractivity contribution in [3.8, 4) is 11.3 Å². The van der Waals surface area contributed by atoms with Crippen LogP contribution in [0.2, 0.25) is 0 Å². The molecule has 0 radical (unpaired) electrons. The Morgan fingerprint density at radius 2 is 1.95 bits per heavy atom. The van der Waals surface area contributed by atoms with Gasteiger partial charge in [-0.3, -0.25) is 0 Å². The summed E-state index contributed by atoms with van der Waals surface area (Å²) in [5.74, 6) is -0.259. The van der Waals surface area contributed by atoms with E-state index in [4.69, 9.17) is 4.74 Å². The van der Waals surface area contributed by atoms with Gasteiger partial charge in [-0.1, -0.05) is 12.1 Å². The molecular formula is C17H19NO2. The fourth-order valence-electron chi connectivity index (χ4n) is 2.76. The van der Waals surface area contributed by atoms with Crippen molar-refractivity contribution in [1.82, 2.24) is 4.98 Å². The number of aryl methyl sites for hydroxylation is 2. The molecule has 0 unspecified atom stereocenters. The molecule has 104 valence electrons. The molecule has 1 aromatic carbocycles. The third-order valence-corrected chi connectivity index (χ3v) is 3.82. The van der Waals surface area contributed by atoms with Crippen LogP contribution in [-0.2, 0) is 17.6 Å². The monoisotopic (exact) mass is 269 g/mol. The Balaban J connectivity index is 1.84. The molecule has 1 aliphatic carbocycles. The van der Waals surface area contributed by atoms with Gasteiger partial charge in [0.1, 0.15) is 0 Å². The predicted molar refractivity (Wildman–Crippen MR) is 78.8 cm³/mol. The smallest absolute Gasteiger partial charge is 0.338 e. The number of fused-ring (bicyclic) bond motifs is 1. The zero-order valence-corrected chi connectivity index (χ0v) is 11.7. The number of carbonyl (C=O) groups excluding carboxylic acids is 1. The van der Waals surface area contributed by atoms with Crippen molar-refractivity contribution in [2.45, 2.75) is 32.6 Å². The van der Waals surface area contributed by atoms with Crippen LogP contribution in [0.1, 0.15) is 41.4 Å². The van der Waals surface area contributed by atoms with Crippen molar-refractivity contribution >= 4 is 5.97 Å².